The molecule has 0 aromatic heterocycles. The summed E-state index contributed by atoms with van der Waals surface area (Å²) in [7, 11) is 0. The van der Waals surface area contributed by atoms with Crippen molar-refractivity contribution in [2.45, 2.75) is 58.1 Å². The fourth-order valence-corrected chi connectivity index (χ4v) is 3.90. The first-order valence-electron chi connectivity index (χ1n) is 11.8. The van der Waals surface area contributed by atoms with Gasteiger partial charge in [-0.25, -0.2) is 5.43 Å². The molecule has 1 unspecified atom stereocenters. The number of aliphatic hydroxyl groups is 1. The molecular formula is C26H36N4O2. The maximum atomic E-state index is 12.3. The number of unbranched alkanes of at least 4 members (excludes halogenated alkanes) is 3. The first-order valence-corrected chi connectivity index (χ1v) is 11.8. The van der Waals surface area contributed by atoms with Gasteiger partial charge >= 0.3 is 0 Å². The van der Waals surface area contributed by atoms with E-state index < -0.39 is 0 Å². The van der Waals surface area contributed by atoms with Crippen molar-refractivity contribution in [1.82, 2.24) is 10.3 Å². The normalized spacial score (nSPS) is 16.9. The van der Waals surface area contributed by atoms with E-state index in [1.54, 1.807) is 6.21 Å². The van der Waals surface area contributed by atoms with Gasteiger partial charge in [0.2, 0.25) is 0 Å². The summed E-state index contributed by atoms with van der Waals surface area (Å²) in [5, 5.41) is 17.3. The molecule has 1 aliphatic heterocycles. The maximum Gasteiger partial charge on any atom is 0.271 e. The van der Waals surface area contributed by atoms with Crippen LogP contribution in [0.15, 0.2) is 53.6 Å². The van der Waals surface area contributed by atoms with E-state index in [4.69, 9.17) is 0 Å². The average molecular weight is 437 g/mol. The van der Waals surface area contributed by atoms with Crippen LogP contribution in [0.3, 0.4) is 0 Å². The van der Waals surface area contributed by atoms with Gasteiger partial charge in [0, 0.05) is 30.9 Å². The largest absolute Gasteiger partial charge is 0.392 e. The van der Waals surface area contributed by atoms with Crippen LogP contribution >= 0.6 is 0 Å². The number of hydrogen-bond acceptors (Lipinski definition) is 5. The molecule has 1 atom stereocenters. The summed E-state index contributed by atoms with van der Waals surface area (Å²) in [6.45, 7) is 5.72. The molecule has 172 valence electrons. The number of anilines is 1. The van der Waals surface area contributed by atoms with Crippen LogP contribution in [0.4, 0.5) is 5.69 Å². The highest BCUT2D eigenvalue weighted by molar-refractivity contribution is 5.94. The Morgan fingerprint density at radius 2 is 1.91 bits per heavy atom. The zero-order valence-corrected chi connectivity index (χ0v) is 19.1. The fraction of sp³-hybridized carbons (Fsp3) is 0.462. The second-order valence-corrected chi connectivity index (χ2v) is 8.54. The van der Waals surface area contributed by atoms with Crippen molar-refractivity contribution >= 4 is 17.8 Å². The quantitative estimate of drug-likeness (QED) is 0.277. The SMILES string of the molecule is CCCCCCNc1ccc(/C=N/NC(=O)c2ccc(CN3CCCC(O)C3)cc2)cc1. The number of nitrogens with one attached hydrogen (secondary N) is 2. The number of likely N-dealkylation sites (tertiary alicyclic amines) is 1. The van der Waals surface area contributed by atoms with Gasteiger partial charge in [0.05, 0.1) is 12.3 Å². The molecule has 2 aromatic carbocycles. The summed E-state index contributed by atoms with van der Waals surface area (Å²) in [5.41, 5.74) is 6.34. The molecule has 3 N–H and O–H groups in total. The monoisotopic (exact) mass is 436 g/mol. The van der Waals surface area contributed by atoms with Crippen LogP contribution in [0.5, 0.6) is 0 Å². The van der Waals surface area contributed by atoms with Gasteiger partial charge in [0.15, 0.2) is 0 Å². The number of aliphatic hydroxyl groups excluding tert-OH is 1. The number of rotatable bonds is 11. The highest BCUT2D eigenvalue weighted by atomic mass is 16.3. The van der Waals surface area contributed by atoms with Crippen molar-refractivity contribution in [3.05, 3.63) is 65.2 Å². The molecule has 32 heavy (non-hydrogen) atoms. The molecular weight excluding hydrogens is 400 g/mol. The van der Waals surface area contributed by atoms with Crippen LogP contribution in [0.1, 0.15) is 66.9 Å². The second kappa shape index (κ2) is 13.0. The standard InChI is InChI=1S/C26H36N4O2/c1-2-3-4-5-16-27-24-14-10-21(11-15-24)18-28-29-26(32)23-12-8-22(9-13-23)19-30-17-6-7-25(31)20-30/h8-15,18,25,27,31H,2-7,16-17,19-20H2,1H3,(H,29,32)/b28-18+. The number of piperidine rings is 1. The second-order valence-electron chi connectivity index (χ2n) is 8.54. The smallest absolute Gasteiger partial charge is 0.271 e. The van der Waals surface area contributed by atoms with Crippen molar-refractivity contribution in [1.29, 1.82) is 0 Å². The maximum absolute atomic E-state index is 12.3. The van der Waals surface area contributed by atoms with Crippen LogP contribution in [-0.4, -0.2) is 47.9 Å². The summed E-state index contributed by atoms with van der Waals surface area (Å²) >= 11 is 0. The number of hydrazone groups is 1. The number of amides is 1. The lowest BCUT2D eigenvalue weighted by molar-refractivity contribution is 0.0668. The van der Waals surface area contributed by atoms with Crippen LogP contribution < -0.4 is 10.7 Å². The summed E-state index contributed by atoms with van der Waals surface area (Å²) < 4.78 is 0. The third kappa shape index (κ3) is 8.09. The van der Waals surface area contributed by atoms with E-state index in [0.717, 1.165) is 49.3 Å². The number of nitrogens with zero attached hydrogens (tertiary/aromatic N) is 2. The van der Waals surface area contributed by atoms with Crippen molar-refractivity contribution in [2.75, 3.05) is 25.0 Å². The Morgan fingerprint density at radius 1 is 1.12 bits per heavy atom. The van der Waals surface area contributed by atoms with Gasteiger partial charge in [-0.15, -0.1) is 0 Å². The molecule has 0 spiro atoms. The van der Waals surface area contributed by atoms with Crippen LogP contribution in [0.2, 0.25) is 0 Å². The van der Waals surface area contributed by atoms with Gasteiger partial charge in [-0.3, -0.25) is 9.69 Å². The molecule has 1 amide bonds. The molecule has 0 saturated carbocycles. The molecule has 6 heteroatoms. The van der Waals surface area contributed by atoms with E-state index >= 15 is 0 Å². The predicted molar refractivity (Wildman–Crippen MR) is 131 cm³/mol. The van der Waals surface area contributed by atoms with Gasteiger partial charge < -0.3 is 10.4 Å². The van der Waals surface area contributed by atoms with Crippen LogP contribution in [0, 0.1) is 0 Å². The lowest BCUT2D eigenvalue weighted by atomic mass is 10.1. The Bertz CT molecular complexity index is 849. The summed E-state index contributed by atoms with van der Waals surface area (Å²) in [4.78, 5) is 14.6. The highest BCUT2D eigenvalue weighted by Crippen LogP contribution is 2.14. The number of hydrogen-bond donors (Lipinski definition) is 3. The Hall–Kier alpha value is -2.70. The minimum Gasteiger partial charge on any atom is -0.392 e. The molecule has 1 aliphatic rings. The number of benzene rings is 2. The lowest BCUT2D eigenvalue weighted by Gasteiger charge is -2.29. The fourth-order valence-electron chi connectivity index (χ4n) is 3.90. The van der Waals surface area contributed by atoms with E-state index in [1.807, 2.05) is 48.5 Å². The number of carbonyl (C=O) groups excluding carboxylic acids is 1. The zero-order chi connectivity index (χ0) is 22.6. The average Bonchev–Trinajstić information content (AvgIpc) is 2.80. The van der Waals surface area contributed by atoms with Gasteiger partial charge in [0.25, 0.3) is 5.91 Å². The number of β-amino-alcohol motifs (C(OH)–C–C–N with tert-alkyl or cyclic N) is 1. The van der Waals surface area contributed by atoms with Gasteiger partial charge in [-0.2, -0.15) is 5.10 Å². The van der Waals surface area contributed by atoms with Gasteiger partial charge in [-0.1, -0.05) is 50.5 Å². The van der Waals surface area contributed by atoms with Crippen LogP contribution in [0.25, 0.3) is 0 Å². The van der Waals surface area contributed by atoms with Crippen molar-refractivity contribution in [2.24, 2.45) is 5.10 Å². The van der Waals surface area contributed by atoms with E-state index in [2.05, 4.69) is 27.7 Å². The van der Waals surface area contributed by atoms with Crippen molar-refractivity contribution < 1.29 is 9.90 Å². The van der Waals surface area contributed by atoms with Gasteiger partial charge in [-0.05, 0) is 61.2 Å². The molecule has 0 aliphatic carbocycles. The topological polar surface area (TPSA) is 77.0 Å². The lowest BCUT2D eigenvalue weighted by Crippen LogP contribution is -2.37. The van der Waals surface area contributed by atoms with Crippen molar-refractivity contribution in [3.63, 3.8) is 0 Å². The summed E-state index contributed by atoms with van der Waals surface area (Å²) in [5.74, 6) is -0.230. The van der Waals surface area contributed by atoms with E-state index in [9.17, 15) is 9.90 Å². The summed E-state index contributed by atoms with van der Waals surface area (Å²) in [6.07, 6.45) is 8.32. The van der Waals surface area contributed by atoms with E-state index in [-0.39, 0.29) is 12.0 Å². The molecule has 6 nitrogen and oxygen atoms in total. The van der Waals surface area contributed by atoms with Gasteiger partial charge in [0.1, 0.15) is 0 Å². The molecule has 3 rings (SSSR count). The van der Waals surface area contributed by atoms with Crippen molar-refractivity contribution in [3.8, 4) is 0 Å². The van der Waals surface area contributed by atoms with Crippen LogP contribution in [-0.2, 0) is 6.54 Å². The molecule has 1 heterocycles. The first kappa shape index (κ1) is 24.0. The zero-order valence-electron chi connectivity index (χ0n) is 19.1. The molecule has 1 saturated heterocycles. The minimum absolute atomic E-state index is 0.227. The predicted octanol–water partition coefficient (Wildman–Crippen LogP) is 4.40. The molecule has 0 radical (unpaired) electrons. The van der Waals surface area contributed by atoms with E-state index in [0.29, 0.717) is 12.1 Å². The Balaban J connectivity index is 1.41. The molecule has 1 fully saturated rings. The third-order valence-corrected chi connectivity index (χ3v) is 5.75. The Kier molecular flexibility index (Phi) is 9.72. The molecule has 2 aromatic rings. The Morgan fingerprint density at radius 3 is 2.62 bits per heavy atom. The molecule has 0 bridgehead atoms. The van der Waals surface area contributed by atoms with E-state index in [1.165, 1.54) is 25.7 Å². The highest BCUT2D eigenvalue weighted by Gasteiger charge is 2.17. The summed E-state index contributed by atoms with van der Waals surface area (Å²) in [6, 6.07) is 15.6. The minimum atomic E-state index is -0.230. The number of carbonyl (C=O) groups is 1. The first-order chi connectivity index (χ1) is 15.6. The Labute approximate surface area is 191 Å². The third-order valence-electron chi connectivity index (χ3n) is 5.75.